The molecule has 0 bridgehead atoms. The van der Waals surface area contributed by atoms with Crippen LogP contribution < -0.4 is 10.5 Å². The standard InChI is InChI=1S/C18H16N6O2/c1-26-13-8-6-12(7-9-13)16(25)10-23-15-5-3-2-4-14(15)22-18(23)24-17(19)20-11-21-24/h2-9,11H,10H2,1H3,(H2,19,20,21). The summed E-state index contributed by atoms with van der Waals surface area (Å²) < 4.78 is 8.34. The second-order valence-electron chi connectivity index (χ2n) is 5.67. The molecule has 0 aliphatic carbocycles. The molecule has 4 aromatic rings. The van der Waals surface area contributed by atoms with E-state index >= 15 is 0 Å². The number of hydrogen-bond donors (Lipinski definition) is 1. The molecule has 2 aromatic carbocycles. The smallest absolute Gasteiger partial charge is 0.235 e. The zero-order valence-corrected chi connectivity index (χ0v) is 14.0. The van der Waals surface area contributed by atoms with Gasteiger partial charge in [-0.15, -0.1) is 0 Å². The fourth-order valence-corrected chi connectivity index (χ4v) is 2.80. The Kier molecular flexibility index (Phi) is 3.85. The molecule has 130 valence electrons. The van der Waals surface area contributed by atoms with Crippen molar-refractivity contribution in [2.75, 3.05) is 12.8 Å². The van der Waals surface area contributed by atoms with E-state index in [0.29, 0.717) is 17.3 Å². The summed E-state index contributed by atoms with van der Waals surface area (Å²) in [5, 5.41) is 4.11. The highest BCUT2D eigenvalue weighted by Gasteiger charge is 2.18. The van der Waals surface area contributed by atoms with Crippen LogP contribution in [-0.4, -0.2) is 37.2 Å². The number of rotatable bonds is 5. The first-order valence-corrected chi connectivity index (χ1v) is 7.96. The summed E-state index contributed by atoms with van der Waals surface area (Å²) in [5.41, 5.74) is 8.03. The number of hydrogen-bond acceptors (Lipinski definition) is 6. The van der Waals surface area contributed by atoms with Crippen molar-refractivity contribution in [1.82, 2.24) is 24.3 Å². The number of methoxy groups -OCH3 is 1. The van der Waals surface area contributed by atoms with Crippen LogP contribution in [0.2, 0.25) is 0 Å². The molecule has 0 fully saturated rings. The normalized spacial score (nSPS) is 11.0. The van der Waals surface area contributed by atoms with Crippen molar-refractivity contribution < 1.29 is 9.53 Å². The minimum atomic E-state index is -0.0595. The minimum Gasteiger partial charge on any atom is -0.497 e. The van der Waals surface area contributed by atoms with Gasteiger partial charge in [-0.2, -0.15) is 14.8 Å². The number of carbonyl (C=O) groups is 1. The van der Waals surface area contributed by atoms with E-state index in [1.807, 2.05) is 24.3 Å². The Hall–Kier alpha value is -3.68. The molecule has 8 nitrogen and oxygen atoms in total. The SMILES string of the molecule is COc1ccc(C(=O)Cn2c(-n3ncnc3N)nc3ccccc32)cc1. The van der Waals surface area contributed by atoms with Crippen LogP contribution >= 0.6 is 0 Å². The first kappa shape index (κ1) is 15.8. The number of nitrogens with two attached hydrogens (primary N) is 1. The molecule has 0 aliphatic heterocycles. The molecule has 2 aromatic heterocycles. The van der Waals surface area contributed by atoms with Gasteiger partial charge in [0.15, 0.2) is 5.78 Å². The molecule has 26 heavy (non-hydrogen) atoms. The molecule has 2 N–H and O–H groups in total. The average Bonchev–Trinajstić information content (AvgIpc) is 3.25. The van der Waals surface area contributed by atoms with Crippen LogP contribution in [-0.2, 0) is 6.54 Å². The van der Waals surface area contributed by atoms with E-state index in [1.54, 1.807) is 35.9 Å². The van der Waals surface area contributed by atoms with Gasteiger partial charge in [0.1, 0.15) is 12.1 Å². The predicted molar refractivity (Wildman–Crippen MR) is 96.4 cm³/mol. The van der Waals surface area contributed by atoms with Crippen LogP contribution in [0.15, 0.2) is 54.9 Å². The van der Waals surface area contributed by atoms with E-state index in [4.69, 9.17) is 10.5 Å². The van der Waals surface area contributed by atoms with Gasteiger partial charge >= 0.3 is 0 Å². The van der Waals surface area contributed by atoms with Crippen LogP contribution in [0.5, 0.6) is 5.75 Å². The molecule has 2 heterocycles. The van der Waals surface area contributed by atoms with Gasteiger partial charge in [-0.25, -0.2) is 4.98 Å². The lowest BCUT2D eigenvalue weighted by molar-refractivity contribution is 0.0973. The third kappa shape index (κ3) is 2.67. The van der Waals surface area contributed by atoms with E-state index in [1.165, 1.54) is 11.0 Å². The van der Waals surface area contributed by atoms with E-state index in [-0.39, 0.29) is 18.3 Å². The van der Waals surface area contributed by atoms with Crippen LogP contribution in [0.1, 0.15) is 10.4 Å². The summed E-state index contributed by atoms with van der Waals surface area (Å²) in [6.07, 6.45) is 1.35. The van der Waals surface area contributed by atoms with E-state index in [0.717, 1.165) is 11.0 Å². The van der Waals surface area contributed by atoms with E-state index < -0.39 is 0 Å². The second-order valence-corrected chi connectivity index (χ2v) is 5.67. The number of carbonyl (C=O) groups excluding carboxylic acids is 1. The van der Waals surface area contributed by atoms with Crippen molar-refractivity contribution in [3.63, 3.8) is 0 Å². The van der Waals surface area contributed by atoms with Crippen molar-refractivity contribution in [2.45, 2.75) is 6.54 Å². The minimum absolute atomic E-state index is 0.0595. The number of fused-ring (bicyclic) bond motifs is 1. The Morgan fingerprint density at radius 3 is 2.62 bits per heavy atom. The summed E-state index contributed by atoms with van der Waals surface area (Å²) in [6.45, 7) is 0.0987. The average molecular weight is 348 g/mol. The highest BCUT2D eigenvalue weighted by atomic mass is 16.5. The van der Waals surface area contributed by atoms with Gasteiger partial charge in [-0.1, -0.05) is 12.1 Å². The maximum absolute atomic E-state index is 12.8. The van der Waals surface area contributed by atoms with Gasteiger partial charge in [0.25, 0.3) is 0 Å². The van der Waals surface area contributed by atoms with Gasteiger partial charge in [0.05, 0.1) is 24.7 Å². The summed E-state index contributed by atoms with van der Waals surface area (Å²) in [4.78, 5) is 21.3. The van der Waals surface area contributed by atoms with Crippen LogP contribution in [0.4, 0.5) is 5.95 Å². The Labute approximate surface area is 148 Å². The fourth-order valence-electron chi connectivity index (χ4n) is 2.80. The van der Waals surface area contributed by atoms with Crippen molar-refractivity contribution in [1.29, 1.82) is 0 Å². The van der Waals surface area contributed by atoms with Gasteiger partial charge < -0.3 is 15.0 Å². The summed E-state index contributed by atoms with van der Waals surface area (Å²) >= 11 is 0. The topological polar surface area (TPSA) is 101 Å². The first-order chi connectivity index (χ1) is 12.7. The summed E-state index contributed by atoms with van der Waals surface area (Å²) in [6, 6.07) is 14.6. The molecule has 0 radical (unpaired) electrons. The number of ether oxygens (including phenoxy) is 1. The molecule has 0 spiro atoms. The van der Waals surface area contributed by atoms with Crippen LogP contribution in [0.25, 0.3) is 17.0 Å². The van der Waals surface area contributed by atoms with Crippen molar-refractivity contribution in [2.24, 2.45) is 0 Å². The number of imidazole rings is 1. The fraction of sp³-hybridized carbons (Fsp3) is 0.111. The van der Waals surface area contributed by atoms with Gasteiger partial charge in [0, 0.05) is 5.56 Å². The number of Topliss-reactive ketones (excluding diaryl/α,β-unsaturated/α-hetero) is 1. The second kappa shape index (κ2) is 6.32. The van der Waals surface area contributed by atoms with E-state index in [2.05, 4.69) is 15.1 Å². The van der Waals surface area contributed by atoms with Crippen LogP contribution in [0, 0.1) is 0 Å². The van der Waals surface area contributed by atoms with Gasteiger partial charge in [-0.3, -0.25) is 4.79 Å². The molecule has 4 rings (SSSR count). The maximum atomic E-state index is 12.8. The quantitative estimate of drug-likeness (QED) is 0.554. The molecular weight excluding hydrogens is 332 g/mol. The maximum Gasteiger partial charge on any atom is 0.235 e. The van der Waals surface area contributed by atoms with Crippen molar-refractivity contribution in [3.8, 4) is 11.7 Å². The van der Waals surface area contributed by atoms with Gasteiger partial charge in [-0.05, 0) is 36.4 Å². The van der Waals surface area contributed by atoms with Crippen LogP contribution in [0.3, 0.4) is 0 Å². The lowest BCUT2D eigenvalue weighted by Gasteiger charge is -2.09. The van der Waals surface area contributed by atoms with Crippen molar-refractivity contribution in [3.05, 3.63) is 60.4 Å². The molecule has 0 atom stereocenters. The third-order valence-corrected chi connectivity index (χ3v) is 4.11. The van der Waals surface area contributed by atoms with Gasteiger partial charge in [0.2, 0.25) is 11.9 Å². The number of nitrogen functional groups attached to an aromatic ring is 1. The monoisotopic (exact) mass is 348 g/mol. The lowest BCUT2D eigenvalue weighted by atomic mass is 10.1. The largest absolute Gasteiger partial charge is 0.497 e. The highest BCUT2D eigenvalue weighted by molar-refractivity contribution is 5.97. The summed E-state index contributed by atoms with van der Waals surface area (Å²) in [7, 11) is 1.59. The first-order valence-electron chi connectivity index (χ1n) is 7.96. The van der Waals surface area contributed by atoms with Crippen molar-refractivity contribution >= 4 is 22.8 Å². The molecule has 0 amide bonds. The molecule has 0 saturated heterocycles. The Balaban J connectivity index is 1.77. The number of anilines is 1. The zero-order chi connectivity index (χ0) is 18.1. The summed E-state index contributed by atoms with van der Waals surface area (Å²) in [5.74, 6) is 1.29. The molecular formula is C18H16N6O2. The number of para-hydroxylation sites is 2. The highest BCUT2D eigenvalue weighted by Crippen LogP contribution is 2.21. The zero-order valence-electron chi connectivity index (χ0n) is 14.0. The number of aromatic nitrogens is 5. The molecule has 8 heteroatoms. The van der Waals surface area contributed by atoms with E-state index in [9.17, 15) is 4.79 Å². The Bertz CT molecular complexity index is 1080. The molecule has 0 saturated carbocycles. The molecule has 0 aliphatic rings. The Morgan fingerprint density at radius 1 is 1.15 bits per heavy atom. The third-order valence-electron chi connectivity index (χ3n) is 4.11. The number of benzene rings is 2. The number of nitrogens with zero attached hydrogens (tertiary/aromatic N) is 5. The lowest BCUT2D eigenvalue weighted by Crippen LogP contribution is -2.16. The Morgan fingerprint density at radius 2 is 1.92 bits per heavy atom. The number of ketones is 1. The predicted octanol–water partition coefficient (Wildman–Crippen LogP) is 2.09. The molecule has 0 unspecified atom stereocenters.